The number of aryl methyl sites for hydroxylation is 1. The van der Waals surface area contributed by atoms with Crippen LogP contribution in [-0.4, -0.2) is 63.9 Å². The molecule has 0 radical (unpaired) electrons. The van der Waals surface area contributed by atoms with Crippen LogP contribution in [0.25, 0.3) is 0 Å². The van der Waals surface area contributed by atoms with E-state index >= 15 is 0 Å². The van der Waals surface area contributed by atoms with Gasteiger partial charge in [-0.3, -0.25) is 9.80 Å². The van der Waals surface area contributed by atoms with E-state index in [9.17, 15) is 0 Å². The predicted molar refractivity (Wildman–Crippen MR) is 94.1 cm³/mol. The Bertz CT molecular complexity index is 620. The first-order valence-corrected chi connectivity index (χ1v) is 8.77. The number of hydrogen-bond donors (Lipinski definition) is 0. The summed E-state index contributed by atoms with van der Waals surface area (Å²) in [5.74, 6) is 3.03. The highest BCUT2D eigenvalue weighted by Crippen LogP contribution is 2.10. The highest BCUT2D eigenvalue weighted by molar-refractivity contribution is 5.20. The number of para-hydroxylation sites is 1. The van der Waals surface area contributed by atoms with E-state index in [1.165, 1.54) is 0 Å². The molecule has 2 aromatic rings. The van der Waals surface area contributed by atoms with Crippen LogP contribution in [0.2, 0.25) is 0 Å². The van der Waals surface area contributed by atoms with Gasteiger partial charge in [0.2, 0.25) is 0 Å². The van der Waals surface area contributed by atoms with Crippen molar-refractivity contribution < 1.29 is 4.74 Å². The fourth-order valence-electron chi connectivity index (χ4n) is 3.13. The van der Waals surface area contributed by atoms with Crippen LogP contribution in [0.5, 0.6) is 5.75 Å². The molecule has 0 atom stereocenters. The molecule has 2 heterocycles. The summed E-state index contributed by atoms with van der Waals surface area (Å²) in [6.07, 6.45) is 0. The van der Waals surface area contributed by atoms with E-state index in [0.717, 1.165) is 69.8 Å². The molecular weight excluding hydrogens is 302 g/mol. The molecule has 0 saturated carbocycles. The van der Waals surface area contributed by atoms with Crippen molar-refractivity contribution in [2.24, 2.45) is 0 Å². The van der Waals surface area contributed by atoms with E-state index in [1.807, 2.05) is 37.3 Å². The predicted octanol–water partition coefficient (Wildman–Crippen LogP) is 1.80. The standard InChI is InChI=1S/C18H27N5O/c1-3-23-16(2)19-20-18(23)15-22-11-9-21(10-12-22)13-14-24-17-7-5-4-6-8-17/h4-8H,3,9-15H2,1-2H3. The molecule has 0 N–H and O–H groups in total. The molecule has 1 aromatic heterocycles. The molecule has 1 aliphatic heterocycles. The molecule has 0 aliphatic carbocycles. The molecule has 1 saturated heterocycles. The lowest BCUT2D eigenvalue weighted by Crippen LogP contribution is -2.47. The molecule has 1 aliphatic rings. The smallest absolute Gasteiger partial charge is 0.147 e. The van der Waals surface area contributed by atoms with E-state index < -0.39 is 0 Å². The summed E-state index contributed by atoms with van der Waals surface area (Å²) in [6, 6.07) is 10.0. The normalized spacial score (nSPS) is 16.4. The van der Waals surface area contributed by atoms with Gasteiger partial charge in [0, 0.05) is 39.3 Å². The van der Waals surface area contributed by atoms with Crippen LogP contribution in [0.1, 0.15) is 18.6 Å². The van der Waals surface area contributed by atoms with Gasteiger partial charge in [0.05, 0.1) is 6.54 Å². The maximum atomic E-state index is 5.79. The third-order valence-electron chi connectivity index (χ3n) is 4.58. The van der Waals surface area contributed by atoms with E-state index in [-0.39, 0.29) is 0 Å². The molecule has 24 heavy (non-hydrogen) atoms. The van der Waals surface area contributed by atoms with Gasteiger partial charge in [-0.05, 0) is 26.0 Å². The van der Waals surface area contributed by atoms with Gasteiger partial charge in [-0.25, -0.2) is 0 Å². The minimum Gasteiger partial charge on any atom is -0.492 e. The van der Waals surface area contributed by atoms with Gasteiger partial charge in [-0.15, -0.1) is 10.2 Å². The second-order valence-electron chi connectivity index (χ2n) is 6.19. The number of nitrogens with zero attached hydrogens (tertiary/aromatic N) is 5. The maximum absolute atomic E-state index is 5.79. The van der Waals surface area contributed by atoms with Gasteiger partial charge >= 0.3 is 0 Å². The van der Waals surface area contributed by atoms with Crippen LogP contribution in [0.15, 0.2) is 30.3 Å². The fourth-order valence-corrected chi connectivity index (χ4v) is 3.13. The number of rotatable bonds is 7. The van der Waals surface area contributed by atoms with Crippen molar-refractivity contribution in [1.82, 2.24) is 24.6 Å². The Balaban J connectivity index is 1.39. The highest BCUT2D eigenvalue weighted by atomic mass is 16.5. The van der Waals surface area contributed by atoms with Crippen LogP contribution in [-0.2, 0) is 13.1 Å². The first kappa shape index (κ1) is 16.9. The average Bonchev–Trinajstić information content (AvgIpc) is 2.97. The second-order valence-corrected chi connectivity index (χ2v) is 6.19. The van der Waals surface area contributed by atoms with Gasteiger partial charge in [-0.2, -0.15) is 0 Å². The van der Waals surface area contributed by atoms with Crippen molar-refractivity contribution in [3.63, 3.8) is 0 Å². The summed E-state index contributed by atoms with van der Waals surface area (Å²) in [7, 11) is 0. The summed E-state index contributed by atoms with van der Waals surface area (Å²) in [5.41, 5.74) is 0. The Labute approximate surface area is 144 Å². The molecule has 0 spiro atoms. The van der Waals surface area contributed by atoms with Gasteiger partial charge in [0.25, 0.3) is 0 Å². The van der Waals surface area contributed by atoms with Crippen LogP contribution in [0, 0.1) is 6.92 Å². The summed E-state index contributed by atoms with van der Waals surface area (Å²) in [6.45, 7) is 12.0. The summed E-state index contributed by atoms with van der Waals surface area (Å²) < 4.78 is 7.98. The van der Waals surface area contributed by atoms with E-state index in [4.69, 9.17) is 4.74 Å². The van der Waals surface area contributed by atoms with Gasteiger partial charge in [-0.1, -0.05) is 18.2 Å². The lowest BCUT2D eigenvalue weighted by atomic mass is 10.3. The minimum absolute atomic E-state index is 0.743. The van der Waals surface area contributed by atoms with Crippen LogP contribution in [0.3, 0.4) is 0 Å². The van der Waals surface area contributed by atoms with Crippen LogP contribution in [0.4, 0.5) is 0 Å². The lowest BCUT2D eigenvalue weighted by Gasteiger charge is -2.34. The molecule has 6 nitrogen and oxygen atoms in total. The molecule has 0 bridgehead atoms. The number of ether oxygens (including phenoxy) is 1. The number of piperazine rings is 1. The second kappa shape index (κ2) is 8.26. The Kier molecular flexibility index (Phi) is 5.82. The van der Waals surface area contributed by atoms with Crippen molar-refractivity contribution in [2.75, 3.05) is 39.3 Å². The molecule has 0 amide bonds. The fraction of sp³-hybridized carbons (Fsp3) is 0.556. The van der Waals surface area contributed by atoms with Crippen molar-refractivity contribution in [3.05, 3.63) is 42.0 Å². The number of benzene rings is 1. The Morgan fingerprint density at radius 2 is 1.71 bits per heavy atom. The maximum Gasteiger partial charge on any atom is 0.147 e. The zero-order chi connectivity index (χ0) is 16.8. The van der Waals surface area contributed by atoms with Crippen LogP contribution >= 0.6 is 0 Å². The third-order valence-corrected chi connectivity index (χ3v) is 4.58. The van der Waals surface area contributed by atoms with Gasteiger partial charge in [0.15, 0.2) is 0 Å². The zero-order valence-electron chi connectivity index (χ0n) is 14.7. The largest absolute Gasteiger partial charge is 0.492 e. The average molecular weight is 329 g/mol. The Hall–Kier alpha value is -1.92. The quantitative estimate of drug-likeness (QED) is 0.775. The molecular formula is C18H27N5O. The number of hydrogen-bond acceptors (Lipinski definition) is 5. The topological polar surface area (TPSA) is 46.4 Å². The van der Waals surface area contributed by atoms with Gasteiger partial charge < -0.3 is 9.30 Å². The van der Waals surface area contributed by atoms with E-state index in [1.54, 1.807) is 0 Å². The molecule has 6 heteroatoms. The molecule has 0 unspecified atom stereocenters. The minimum atomic E-state index is 0.743. The Morgan fingerprint density at radius 1 is 1.00 bits per heavy atom. The van der Waals surface area contributed by atoms with Crippen molar-refractivity contribution in [3.8, 4) is 5.75 Å². The van der Waals surface area contributed by atoms with Crippen LogP contribution < -0.4 is 4.74 Å². The summed E-state index contributed by atoms with van der Waals surface area (Å²) >= 11 is 0. The van der Waals surface area contributed by atoms with E-state index in [0.29, 0.717) is 0 Å². The molecule has 1 fully saturated rings. The number of aromatic nitrogens is 3. The molecule has 1 aromatic carbocycles. The third kappa shape index (κ3) is 4.33. The molecule has 130 valence electrons. The monoisotopic (exact) mass is 329 g/mol. The van der Waals surface area contributed by atoms with E-state index in [2.05, 4.69) is 31.5 Å². The molecule has 3 rings (SSSR count). The summed E-state index contributed by atoms with van der Waals surface area (Å²) in [4.78, 5) is 4.93. The lowest BCUT2D eigenvalue weighted by molar-refractivity contribution is 0.110. The first-order valence-electron chi connectivity index (χ1n) is 8.77. The zero-order valence-corrected chi connectivity index (χ0v) is 14.7. The highest BCUT2D eigenvalue weighted by Gasteiger charge is 2.19. The van der Waals surface area contributed by atoms with Crippen molar-refractivity contribution in [1.29, 1.82) is 0 Å². The summed E-state index contributed by atoms with van der Waals surface area (Å²) in [5, 5.41) is 8.52. The van der Waals surface area contributed by atoms with Gasteiger partial charge in [0.1, 0.15) is 24.0 Å². The Morgan fingerprint density at radius 3 is 2.42 bits per heavy atom. The SMILES string of the molecule is CCn1c(C)nnc1CN1CCN(CCOc2ccccc2)CC1. The van der Waals surface area contributed by atoms with Crippen molar-refractivity contribution >= 4 is 0 Å². The van der Waals surface area contributed by atoms with Crippen molar-refractivity contribution in [2.45, 2.75) is 26.9 Å². The first-order chi connectivity index (χ1) is 11.8.